The normalized spacial score (nSPS) is 17.0. The highest BCUT2D eigenvalue weighted by Crippen LogP contribution is 2.34. The molecule has 4 heterocycles. The van der Waals surface area contributed by atoms with Gasteiger partial charge < -0.3 is 0 Å². The van der Waals surface area contributed by atoms with Crippen molar-refractivity contribution in [2.24, 2.45) is 7.05 Å². The van der Waals surface area contributed by atoms with E-state index in [1.165, 1.54) is 25.9 Å². The van der Waals surface area contributed by atoms with E-state index in [2.05, 4.69) is 15.2 Å². The van der Waals surface area contributed by atoms with Crippen molar-refractivity contribution in [1.29, 1.82) is 0 Å². The third kappa shape index (κ3) is 3.01. The van der Waals surface area contributed by atoms with Crippen LogP contribution in [-0.2, 0) is 17.1 Å². The number of piperidine rings is 1. The molecule has 0 bridgehead atoms. The number of pyridine rings is 1. The maximum atomic E-state index is 14.4. The molecule has 0 radical (unpaired) electrons. The van der Waals surface area contributed by atoms with E-state index in [4.69, 9.17) is 11.6 Å². The smallest absolute Gasteiger partial charge is 0.248 e. The summed E-state index contributed by atoms with van der Waals surface area (Å²) < 4.78 is 44.7. The number of hydrogen-bond donors (Lipinski definition) is 0. The fraction of sp³-hybridized carbons (Fsp3) is 0.438. The molecule has 0 atom stereocenters. The topological polar surface area (TPSA) is 85.4 Å². The largest absolute Gasteiger partial charge is 0.255 e. The lowest BCUT2D eigenvalue weighted by Crippen LogP contribution is -2.38. The van der Waals surface area contributed by atoms with Gasteiger partial charge in [0.1, 0.15) is 22.2 Å². The first-order valence-electron chi connectivity index (χ1n) is 8.47. The maximum Gasteiger partial charge on any atom is 0.248 e. The van der Waals surface area contributed by atoms with E-state index in [9.17, 15) is 12.8 Å². The molecular formula is C16H18ClFN6O2S. The third-order valence-electron chi connectivity index (χ3n) is 4.99. The van der Waals surface area contributed by atoms with Crippen molar-refractivity contribution in [2.45, 2.75) is 30.6 Å². The number of nitrogens with zero attached hydrogens (tertiary/aromatic N) is 6. The lowest BCUT2D eigenvalue weighted by atomic mass is 9.91. The molecule has 0 amide bonds. The monoisotopic (exact) mass is 412 g/mol. The fourth-order valence-corrected chi connectivity index (χ4v) is 5.77. The van der Waals surface area contributed by atoms with E-state index in [1.54, 1.807) is 20.2 Å². The van der Waals surface area contributed by atoms with E-state index in [0.717, 1.165) is 0 Å². The molecule has 0 aliphatic carbocycles. The molecule has 1 fully saturated rings. The van der Waals surface area contributed by atoms with E-state index < -0.39 is 10.0 Å². The molecule has 1 aliphatic rings. The second-order valence-electron chi connectivity index (χ2n) is 6.65. The van der Waals surface area contributed by atoms with Gasteiger partial charge in [-0.3, -0.25) is 4.68 Å². The number of rotatable bonds is 3. The van der Waals surface area contributed by atoms with E-state index in [1.807, 2.05) is 0 Å². The van der Waals surface area contributed by atoms with Crippen LogP contribution in [0, 0.1) is 12.7 Å². The minimum absolute atomic E-state index is 0.0420. The summed E-state index contributed by atoms with van der Waals surface area (Å²) in [5.41, 5.74) is 1.34. The van der Waals surface area contributed by atoms with Gasteiger partial charge in [-0.05, 0) is 25.7 Å². The molecule has 3 aromatic heterocycles. The number of hydrogen-bond acceptors (Lipinski definition) is 5. The molecule has 1 saturated heterocycles. The fourth-order valence-electron chi connectivity index (χ4n) is 3.59. The lowest BCUT2D eigenvalue weighted by Gasteiger charge is -2.31. The molecule has 0 aromatic carbocycles. The Hall–Kier alpha value is -2.04. The Balaban J connectivity index is 1.57. The molecule has 0 spiro atoms. The number of halogens is 2. The quantitative estimate of drug-likeness (QED) is 0.657. The molecule has 4 rings (SSSR count). The second-order valence-corrected chi connectivity index (χ2v) is 8.88. The van der Waals surface area contributed by atoms with Crippen molar-refractivity contribution in [1.82, 2.24) is 28.7 Å². The Morgan fingerprint density at radius 1 is 1.30 bits per heavy atom. The Kier molecular flexibility index (Phi) is 4.44. The first-order chi connectivity index (χ1) is 12.8. The van der Waals surface area contributed by atoms with Gasteiger partial charge in [-0.2, -0.15) is 14.5 Å². The zero-order valence-electron chi connectivity index (χ0n) is 14.8. The van der Waals surface area contributed by atoms with Crippen LogP contribution < -0.4 is 0 Å². The van der Waals surface area contributed by atoms with Crippen LogP contribution in [0.1, 0.15) is 30.0 Å². The highest BCUT2D eigenvalue weighted by Gasteiger charge is 2.35. The summed E-state index contributed by atoms with van der Waals surface area (Å²) in [5, 5.41) is 8.22. The molecule has 144 valence electrons. The molecule has 0 unspecified atom stereocenters. The Morgan fingerprint density at radius 2 is 2.00 bits per heavy atom. The van der Waals surface area contributed by atoms with Gasteiger partial charge in [0, 0.05) is 38.0 Å². The highest BCUT2D eigenvalue weighted by molar-refractivity contribution is 7.89. The summed E-state index contributed by atoms with van der Waals surface area (Å²) in [5.74, 6) is -0.432. The van der Waals surface area contributed by atoms with Crippen LogP contribution in [0.5, 0.6) is 0 Å². The molecule has 8 nitrogen and oxygen atoms in total. The van der Waals surface area contributed by atoms with Crippen LogP contribution in [0.3, 0.4) is 0 Å². The van der Waals surface area contributed by atoms with Gasteiger partial charge in [-0.25, -0.2) is 22.3 Å². The summed E-state index contributed by atoms with van der Waals surface area (Å²) in [7, 11) is -2.15. The first-order valence-corrected chi connectivity index (χ1v) is 10.3. The van der Waals surface area contributed by atoms with Crippen molar-refractivity contribution in [3.05, 3.63) is 40.8 Å². The molecule has 0 saturated carbocycles. The van der Waals surface area contributed by atoms with Gasteiger partial charge in [-0.15, -0.1) is 0 Å². The van der Waals surface area contributed by atoms with Gasteiger partial charge in [-0.1, -0.05) is 11.6 Å². The zero-order chi connectivity index (χ0) is 19.3. The molecule has 11 heteroatoms. The zero-order valence-corrected chi connectivity index (χ0v) is 16.4. The number of aryl methyl sites for hydroxylation is 2. The third-order valence-corrected chi connectivity index (χ3v) is 7.58. The van der Waals surface area contributed by atoms with Crippen LogP contribution in [0.2, 0.25) is 5.15 Å². The predicted octanol–water partition coefficient (Wildman–Crippen LogP) is 2.13. The van der Waals surface area contributed by atoms with Gasteiger partial charge in [0.05, 0.1) is 5.69 Å². The average molecular weight is 413 g/mol. The Labute approximate surface area is 160 Å². The Morgan fingerprint density at radius 3 is 2.63 bits per heavy atom. The molecule has 0 N–H and O–H groups in total. The Bertz CT molecular complexity index is 1120. The molecule has 3 aromatic rings. The maximum absolute atomic E-state index is 14.4. The van der Waals surface area contributed by atoms with Gasteiger partial charge >= 0.3 is 0 Å². The number of sulfonamides is 1. The standard InChI is InChI=1S/C16H18ClFN6O2S/c1-10-15(16(17)22(2)21-10)27(25,26)23-5-3-11(4-6-23)12-8-24-14(7-13(12)18)19-9-20-24/h7-9,11H,3-6H2,1-2H3. The van der Waals surface area contributed by atoms with Crippen molar-refractivity contribution in [3.8, 4) is 0 Å². The molecule has 1 aliphatic heterocycles. The van der Waals surface area contributed by atoms with Crippen LogP contribution >= 0.6 is 11.6 Å². The first kappa shape index (κ1) is 18.3. The number of aromatic nitrogens is 5. The van der Waals surface area contributed by atoms with Crippen LogP contribution in [0.4, 0.5) is 4.39 Å². The summed E-state index contributed by atoms with van der Waals surface area (Å²) in [6, 6.07) is 1.35. The van der Waals surface area contributed by atoms with Crippen molar-refractivity contribution >= 4 is 27.3 Å². The molecular weight excluding hydrogens is 395 g/mol. The summed E-state index contributed by atoms with van der Waals surface area (Å²) >= 11 is 6.14. The van der Waals surface area contributed by atoms with Crippen molar-refractivity contribution in [2.75, 3.05) is 13.1 Å². The van der Waals surface area contributed by atoms with Crippen LogP contribution in [-0.4, -0.2) is 50.2 Å². The number of fused-ring (bicyclic) bond motifs is 1. The molecule has 27 heavy (non-hydrogen) atoms. The van der Waals surface area contributed by atoms with Gasteiger partial charge in [0.25, 0.3) is 0 Å². The van der Waals surface area contributed by atoms with Gasteiger partial charge in [0.2, 0.25) is 10.0 Å². The summed E-state index contributed by atoms with van der Waals surface area (Å²) in [6.45, 7) is 2.19. The van der Waals surface area contributed by atoms with Crippen molar-refractivity contribution in [3.63, 3.8) is 0 Å². The van der Waals surface area contributed by atoms with Crippen molar-refractivity contribution < 1.29 is 12.8 Å². The minimum Gasteiger partial charge on any atom is -0.255 e. The highest BCUT2D eigenvalue weighted by atomic mass is 35.5. The van der Waals surface area contributed by atoms with Crippen LogP contribution in [0.15, 0.2) is 23.5 Å². The SMILES string of the molecule is Cc1nn(C)c(Cl)c1S(=O)(=O)N1CCC(c2cn3ncnc3cc2F)CC1. The van der Waals surface area contributed by atoms with Gasteiger partial charge in [0.15, 0.2) is 5.65 Å². The lowest BCUT2D eigenvalue weighted by molar-refractivity contribution is 0.315. The average Bonchev–Trinajstić information content (AvgIpc) is 3.17. The van der Waals surface area contributed by atoms with E-state index in [0.29, 0.717) is 29.7 Å². The predicted molar refractivity (Wildman–Crippen MR) is 96.6 cm³/mol. The van der Waals surface area contributed by atoms with E-state index >= 15 is 0 Å². The minimum atomic E-state index is -3.75. The second kappa shape index (κ2) is 6.54. The van der Waals surface area contributed by atoms with E-state index in [-0.39, 0.29) is 34.9 Å². The van der Waals surface area contributed by atoms with Crippen LogP contribution in [0.25, 0.3) is 5.65 Å². The summed E-state index contributed by atoms with van der Waals surface area (Å²) in [6.07, 6.45) is 4.02. The summed E-state index contributed by atoms with van der Waals surface area (Å²) in [4.78, 5) is 4.01.